The van der Waals surface area contributed by atoms with Gasteiger partial charge >= 0.3 is 0 Å². The number of halogens is 1. The van der Waals surface area contributed by atoms with Gasteiger partial charge in [-0.05, 0) is 24.3 Å². The van der Waals surface area contributed by atoms with Gasteiger partial charge in [-0.3, -0.25) is 9.36 Å². The van der Waals surface area contributed by atoms with Crippen molar-refractivity contribution in [2.45, 2.75) is 11.7 Å². The average Bonchev–Trinajstić information content (AvgIpc) is 3.14. The van der Waals surface area contributed by atoms with Gasteiger partial charge in [0.1, 0.15) is 17.3 Å². The molecular weight excluding hydrogens is 393 g/mol. The SMILES string of the molecule is C=CCn1c(SCC(=O)c2ccc(OC)cc2OC)nnc1-c1ccccc1F. The molecule has 3 rings (SSSR count). The van der Waals surface area contributed by atoms with Crippen molar-refractivity contribution in [2.75, 3.05) is 20.0 Å². The van der Waals surface area contributed by atoms with E-state index < -0.39 is 0 Å². The highest BCUT2D eigenvalue weighted by atomic mass is 32.2. The topological polar surface area (TPSA) is 66.2 Å². The van der Waals surface area contributed by atoms with Crippen molar-refractivity contribution < 1.29 is 18.7 Å². The summed E-state index contributed by atoms with van der Waals surface area (Å²) in [6.45, 7) is 4.13. The van der Waals surface area contributed by atoms with Crippen LogP contribution >= 0.6 is 11.8 Å². The molecule has 0 saturated carbocycles. The molecule has 0 aliphatic carbocycles. The minimum Gasteiger partial charge on any atom is -0.497 e. The van der Waals surface area contributed by atoms with Crippen LogP contribution in [0.25, 0.3) is 11.4 Å². The van der Waals surface area contributed by atoms with E-state index in [9.17, 15) is 9.18 Å². The average molecular weight is 413 g/mol. The van der Waals surface area contributed by atoms with Gasteiger partial charge in [0.05, 0.1) is 31.1 Å². The molecule has 2 aromatic carbocycles. The predicted octanol–water partition coefficient (Wildman–Crippen LogP) is 4.26. The first-order valence-electron chi connectivity index (χ1n) is 8.76. The molecule has 0 amide bonds. The quantitative estimate of drug-likeness (QED) is 0.297. The van der Waals surface area contributed by atoms with Crippen LogP contribution in [0.5, 0.6) is 11.5 Å². The lowest BCUT2D eigenvalue weighted by atomic mass is 10.1. The highest BCUT2D eigenvalue weighted by molar-refractivity contribution is 7.99. The number of nitrogens with zero attached hydrogens (tertiary/aromatic N) is 3. The number of benzene rings is 2. The molecule has 3 aromatic rings. The Labute approximate surface area is 172 Å². The number of ether oxygens (including phenoxy) is 2. The first kappa shape index (κ1) is 20.6. The third-order valence-electron chi connectivity index (χ3n) is 4.18. The zero-order valence-corrected chi connectivity index (χ0v) is 16.9. The van der Waals surface area contributed by atoms with Gasteiger partial charge in [0.2, 0.25) is 0 Å². The molecule has 0 aliphatic heterocycles. The van der Waals surface area contributed by atoms with Crippen LogP contribution in [0.1, 0.15) is 10.4 Å². The van der Waals surface area contributed by atoms with E-state index in [2.05, 4.69) is 16.8 Å². The fourth-order valence-corrected chi connectivity index (χ4v) is 3.60. The number of hydrogen-bond donors (Lipinski definition) is 0. The summed E-state index contributed by atoms with van der Waals surface area (Å²) in [6.07, 6.45) is 1.67. The lowest BCUT2D eigenvalue weighted by molar-refractivity contribution is 0.101. The first-order valence-corrected chi connectivity index (χ1v) is 9.74. The Balaban J connectivity index is 1.83. The van der Waals surface area contributed by atoms with Gasteiger partial charge in [-0.1, -0.05) is 30.0 Å². The molecule has 8 heteroatoms. The molecule has 150 valence electrons. The molecule has 0 spiro atoms. The van der Waals surface area contributed by atoms with Crippen LogP contribution in [0.3, 0.4) is 0 Å². The summed E-state index contributed by atoms with van der Waals surface area (Å²) < 4.78 is 26.4. The van der Waals surface area contributed by atoms with Gasteiger partial charge in [-0.15, -0.1) is 16.8 Å². The van der Waals surface area contributed by atoms with E-state index in [1.54, 1.807) is 54.2 Å². The van der Waals surface area contributed by atoms with Crippen LogP contribution in [0.4, 0.5) is 4.39 Å². The molecule has 6 nitrogen and oxygen atoms in total. The van der Waals surface area contributed by atoms with Crippen molar-refractivity contribution in [1.29, 1.82) is 0 Å². The summed E-state index contributed by atoms with van der Waals surface area (Å²) in [7, 11) is 3.05. The molecule has 0 radical (unpaired) electrons. The van der Waals surface area contributed by atoms with Crippen molar-refractivity contribution in [3.8, 4) is 22.9 Å². The number of aromatic nitrogens is 3. The third kappa shape index (κ3) is 4.48. The second kappa shape index (κ2) is 9.38. The second-order valence-corrected chi connectivity index (χ2v) is 6.91. The summed E-state index contributed by atoms with van der Waals surface area (Å²) in [5.74, 6) is 1.03. The lowest BCUT2D eigenvalue weighted by Crippen LogP contribution is -2.07. The second-order valence-electron chi connectivity index (χ2n) is 5.96. The van der Waals surface area contributed by atoms with Crippen molar-refractivity contribution in [3.63, 3.8) is 0 Å². The smallest absolute Gasteiger partial charge is 0.192 e. The van der Waals surface area contributed by atoms with Gasteiger partial charge in [0.25, 0.3) is 0 Å². The maximum Gasteiger partial charge on any atom is 0.192 e. The lowest BCUT2D eigenvalue weighted by Gasteiger charge is -2.10. The fraction of sp³-hybridized carbons (Fsp3) is 0.190. The summed E-state index contributed by atoms with van der Waals surface area (Å²) in [4.78, 5) is 12.7. The first-order chi connectivity index (χ1) is 14.1. The monoisotopic (exact) mass is 413 g/mol. The minimum atomic E-state index is -0.388. The molecule has 0 aliphatic rings. The number of carbonyl (C=O) groups is 1. The largest absolute Gasteiger partial charge is 0.497 e. The van der Waals surface area contributed by atoms with Crippen molar-refractivity contribution in [2.24, 2.45) is 0 Å². The number of Topliss-reactive ketones (excluding diaryl/α,β-unsaturated/α-hetero) is 1. The normalized spacial score (nSPS) is 10.6. The molecule has 0 fully saturated rings. The van der Waals surface area contributed by atoms with Crippen molar-refractivity contribution >= 4 is 17.5 Å². The fourth-order valence-electron chi connectivity index (χ4n) is 2.77. The number of methoxy groups -OCH3 is 2. The Morgan fingerprint density at radius 2 is 2.00 bits per heavy atom. The van der Waals surface area contributed by atoms with Gasteiger partial charge in [-0.25, -0.2) is 4.39 Å². The predicted molar refractivity (Wildman–Crippen MR) is 110 cm³/mol. The molecule has 0 N–H and O–H groups in total. The van der Waals surface area contributed by atoms with Gasteiger partial charge in [-0.2, -0.15) is 0 Å². The van der Waals surface area contributed by atoms with E-state index in [-0.39, 0.29) is 17.4 Å². The Morgan fingerprint density at radius 3 is 2.69 bits per heavy atom. The van der Waals surface area contributed by atoms with Gasteiger partial charge in [0.15, 0.2) is 16.8 Å². The highest BCUT2D eigenvalue weighted by Crippen LogP contribution is 2.29. The van der Waals surface area contributed by atoms with E-state index in [1.165, 1.54) is 24.9 Å². The van der Waals surface area contributed by atoms with Crippen LogP contribution in [0, 0.1) is 5.82 Å². The maximum atomic E-state index is 14.2. The zero-order valence-electron chi connectivity index (χ0n) is 16.1. The molecule has 0 atom stereocenters. The highest BCUT2D eigenvalue weighted by Gasteiger charge is 2.19. The Kier molecular flexibility index (Phi) is 6.66. The number of allylic oxidation sites excluding steroid dienone is 1. The number of thioether (sulfide) groups is 1. The van der Waals surface area contributed by atoms with Gasteiger partial charge in [0, 0.05) is 12.6 Å². The van der Waals surface area contributed by atoms with E-state index in [0.717, 1.165) is 0 Å². The van der Waals surface area contributed by atoms with Crippen LogP contribution in [-0.4, -0.2) is 40.5 Å². The van der Waals surface area contributed by atoms with E-state index in [1.807, 2.05) is 0 Å². The molecule has 1 aromatic heterocycles. The molecular formula is C21H20FN3O3S. The summed E-state index contributed by atoms with van der Waals surface area (Å²) in [6, 6.07) is 11.4. The van der Waals surface area contributed by atoms with E-state index >= 15 is 0 Å². The number of hydrogen-bond acceptors (Lipinski definition) is 6. The van der Waals surface area contributed by atoms with Gasteiger partial charge < -0.3 is 9.47 Å². The Bertz CT molecular complexity index is 1040. The number of ketones is 1. The standard InChI is InChI=1S/C21H20FN3O3S/c1-4-11-25-20(15-7-5-6-8-17(15)22)23-24-21(25)29-13-18(26)16-10-9-14(27-2)12-19(16)28-3/h4-10,12H,1,11,13H2,2-3H3. The third-order valence-corrected chi connectivity index (χ3v) is 5.15. The molecule has 0 bridgehead atoms. The maximum absolute atomic E-state index is 14.2. The molecule has 29 heavy (non-hydrogen) atoms. The minimum absolute atomic E-state index is 0.120. The molecule has 1 heterocycles. The summed E-state index contributed by atoms with van der Waals surface area (Å²) >= 11 is 1.22. The van der Waals surface area contributed by atoms with Crippen LogP contribution in [0.2, 0.25) is 0 Å². The summed E-state index contributed by atoms with van der Waals surface area (Å²) in [5, 5.41) is 8.77. The number of carbonyl (C=O) groups excluding carboxylic acids is 1. The Morgan fingerprint density at radius 1 is 1.21 bits per heavy atom. The number of rotatable bonds is 9. The molecule has 0 unspecified atom stereocenters. The summed E-state index contributed by atoms with van der Waals surface area (Å²) in [5.41, 5.74) is 0.793. The Hall–Kier alpha value is -3.13. The van der Waals surface area contributed by atoms with Crippen LogP contribution in [0.15, 0.2) is 60.3 Å². The zero-order chi connectivity index (χ0) is 20.8. The van der Waals surface area contributed by atoms with Crippen LogP contribution < -0.4 is 9.47 Å². The van der Waals surface area contributed by atoms with Crippen molar-refractivity contribution in [3.05, 3.63) is 66.5 Å². The van der Waals surface area contributed by atoms with Crippen LogP contribution in [-0.2, 0) is 6.54 Å². The molecule has 0 saturated heterocycles. The van der Waals surface area contributed by atoms with E-state index in [4.69, 9.17) is 9.47 Å². The van der Waals surface area contributed by atoms with E-state index in [0.29, 0.717) is 40.2 Å². The van der Waals surface area contributed by atoms with Crippen molar-refractivity contribution in [1.82, 2.24) is 14.8 Å².